The van der Waals surface area contributed by atoms with Gasteiger partial charge in [0.15, 0.2) is 0 Å². The maximum absolute atomic E-state index is 6.28. The lowest BCUT2D eigenvalue weighted by Gasteiger charge is -2.26. The zero-order valence-electron chi connectivity index (χ0n) is 35.0. The summed E-state index contributed by atoms with van der Waals surface area (Å²) in [7, 11) is 0. The molecule has 0 aliphatic heterocycles. The molecular formula is C62H41NO. The van der Waals surface area contributed by atoms with Gasteiger partial charge < -0.3 is 9.32 Å². The van der Waals surface area contributed by atoms with Crippen LogP contribution in [0.2, 0.25) is 0 Å². The molecule has 0 aliphatic carbocycles. The lowest BCUT2D eigenvalue weighted by molar-refractivity contribution is 0.669. The molecule has 0 N–H and O–H groups in total. The Kier molecular flexibility index (Phi) is 9.20. The van der Waals surface area contributed by atoms with E-state index in [-0.39, 0.29) is 0 Å². The minimum absolute atomic E-state index is 0.899. The number of benzene rings is 11. The van der Waals surface area contributed by atoms with Gasteiger partial charge in [-0.3, -0.25) is 0 Å². The molecule has 0 atom stereocenters. The van der Waals surface area contributed by atoms with Gasteiger partial charge in [-0.2, -0.15) is 0 Å². The summed E-state index contributed by atoms with van der Waals surface area (Å²) in [6.07, 6.45) is 0. The Morgan fingerprint density at radius 1 is 0.250 bits per heavy atom. The van der Waals surface area contributed by atoms with E-state index in [1.807, 2.05) is 12.1 Å². The molecule has 1 aromatic heterocycles. The fourth-order valence-electron chi connectivity index (χ4n) is 9.45. The molecule has 2 nitrogen and oxygen atoms in total. The van der Waals surface area contributed by atoms with Gasteiger partial charge in [0.2, 0.25) is 0 Å². The van der Waals surface area contributed by atoms with E-state index in [0.29, 0.717) is 0 Å². The fourth-order valence-corrected chi connectivity index (χ4v) is 9.45. The van der Waals surface area contributed by atoms with Crippen LogP contribution in [0.15, 0.2) is 253 Å². The summed E-state index contributed by atoms with van der Waals surface area (Å²) in [4.78, 5) is 2.37. The maximum atomic E-state index is 6.28. The van der Waals surface area contributed by atoms with Crippen LogP contribution in [0.25, 0.3) is 99.1 Å². The van der Waals surface area contributed by atoms with E-state index in [2.05, 4.69) is 241 Å². The van der Waals surface area contributed by atoms with Crippen molar-refractivity contribution >= 4 is 60.5 Å². The van der Waals surface area contributed by atoms with E-state index in [0.717, 1.165) is 61.3 Å². The van der Waals surface area contributed by atoms with Gasteiger partial charge in [0.05, 0.1) is 0 Å². The van der Waals surface area contributed by atoms with Crippen LogP contribution in [0.1, 0.15) is 0 Å². The summed E-state index contributed by atoms with van der Waals surface area (Å²) in [5.41, 5.74) is 16.8. The smallest absolute Gasteiger partial charge is 0.136 e. The highest BCUT2D eigenvalue weighted by atomic mass is 16.3. The summed E-state index contributed by atoms with van der Waals surface area (Å²) in [5.74, 6) is 0. The quantitative estimate of drug-likeness (QED) is 0.152. The molecule has 0 aliphatic rings. The second-order valence-electron chi connectivity index (χ2n) is 16.5. The lowest BCUT2D eigenvalue weighted by atomic mass is 9.90. The van der Waals surface area contributed by atoms with Crippen LogP contribution in [-0.2, 0) is 0 Å². The summed E-state index contributed by atoms with van der Waals surface area (Å²) in [6, 6.07) is 89.8. The minimum atomic E-state index is 0.899. The molecule has 64 heavy (non-hydrogen) atoms. The molecule has 0 fully saturated rings. The third kappa shape index (κ3) is 6.79. The first-order valence-corrected chi connectivity index (χ1v) is 21.9. The molecule has 12 aromatic rings. The Bertz CT molecular complexity index is 3660. The highest BCUT2D eigenvalue weighted by Crippen LogP contribution is 2.42. The standard InChI is InChI=1S/C62H41NO/c1-2-14-46(15-3-1)62-56-21-7-6-13-44(56)30-36-57(62)45-28-34-54(35-29-45)63(53-32-26-43(27-33-53)51-25-24-42-12-4-5-16-47(42)38-51)55-20-11-19-50(40-55)48-17-10-18-49(39-48)52-31-37-59-58-22-8-9-23-60(58)64-61(59)41-52/h1-41H. The first-order chi connectivity index (χ1) is 31.7. The maximum Gasteiger partial charge on any atom is 0.136 e. The van der Waals surface area contributed by atoms with Gasteiger partial charge in [-0.05, 0) is 144 Å². The van der Waals surface area contributed by atoms with Crippen LogP contribution < -0.4 is 4.90 Å². The van der Waals surface area contributed by atoms with Crippen LogP contribution in [0, 0.1) is 0 Å². The van der Waals surface area contributed by atoms with Crippen LogP contribution >= 0.6 is 0 Å². The van der Waals surface area contributed by atoms with E-state index in [4.69, 9.17) is 4.42 Å². The number of furan rings is 1. The average molecular weight is 816 g/mol. The fraction of sp³-hybridized carbons (Fsp3) is 0. The number of fused-ring (bicyclic) bond motifs is 5. The summed E-state index contributed by atoms with van der Waals surface area (Å²) < 4.78 is 6.28. The van der Waals surface area contributed by atoms with Crippen molar-refractivity contribution in [2.24, 2.45) is 0 Å². The SMILES string of the molecule is c1ccc(-c2c(-c3ccc(N(c4ccc(-c5ccc6ccccc6c5)cc4)c4cccc(-c5cccc(-c6ccc7c(c6)oc6ccccc67)c5)c4)cc3)ccc3ccccc23)cc1. The second-order valence-corrected chi connectivity index (χ2v) is 16.5. The van der Waals surface area contributed by atoms with E-state index in [1.165, 1.54) is 54.9 Å². The molecular weight excluding hydrogens is 775 g/mol. The first-order valence-electron chi connectivity index (χ1n) is 21.9. The predicted molar refractivity (Wildman–Crippen MR) is 271 cm³/mol. The number of nitrogens with zero attached hydrogens (tertiary/aromatic N) is 1. The molecule has 0 saturated carbocycles. The van der Waals surface area contributed by atoms with E-state index in [9.17, 15) is 0 Å². The summed E-state index contributed by atoms with van der Waals surface area (Å²) in [5, 5.41) is 7.24. The average Bonchev–Trinajstić information content (AvgIpc) is 3.75. The normalized spacial score (nSPS) is 11.4. The van der Waals surface area contributed by atoms with Crippen molar-refractivity contribution in [3.05, 3.63) is 249 Å². The third-order valence-corrected chi connectivity index (χ3v) is 12.6. The van der Waals surface area contributed by atoms with Gasteiger partial charge in [0.1, 0.15) is 11.2 Å². The number of rotatable bonds is 8. The monoisotopic (exact) mass is 815 g/mol. The lowest BCUT2D eigenvalue weighted by Crippen LogP contribution is -2.10. The summed E-state index contributed by atoms with van der Waals surface area (Å²) >= 11 is 0. The van der Waals surface area contributed by atoms with E-state index in [1.54, 1.807) is 0 Å². The number of para-hydroxylation sites is 1. The Morgan fingerprint density at radius 3 is 1.56 bits per heavy atom. The van der Waals surface area contributed by atoms with Crippen molar-refractivity contribution in [2.45, 2.75) is 0 Å². The zero-order chi connectivity index (χ0) is 42.4. The van der Waals surface area contributed by atoms with Crippen molar-refractivity contribution in [2.75, 3.05) is 4.90 Å². The molecule has 0 spiro atoms. The second kappa shape index (κ2) is 15.8. The van der Waals surface area contributed by atoms with E-state index >= 15 is 0 Å². The Labute approximate surface area is 372 Å². The van der Waals surface area contributed by atoms with Gasteiger partial charge in [-0.1, -0.05) is 182 Å². The highest BCUT2D eigenvalue weighted by Gasteiger charge is 2.17. The molecule has 0 saturated heterocycles. The van der Waals surface area contributed by atoms with Crippen LogP contribution in [-0.4, -0.2) is 0 Å². The van der Waals surface area contributed by atoms with E-state index < -0.39 is 0 Å². The first kappa shape index (κ1) is 37.3. The van der Waals surface area contributed by atoms with Crippen molar-refractivity contribution in [1.29, 1.82) is 0 Å². The topological polar surface area (TPSA) is 16.4 Å². The largest absolute Gasteiger partial charge is 0.456 e. The molecule has 0 amide bonds. The molecule has 1 heterocycles. The zero-order valence-corrected chi connectivity index (χ0v) is 35.0. The molecule has 0 radical (unpaired) electrons. The Morgan fingerprint density at radius 2 is 0.781 bits per heavy atom. The van der Waals surface area contributed by atoms with Gasteiger partial charge >= 0.3 is 0 Å². The number of anilines is 3. The van der Waals surface area contributed by atoms with Crippen LogP contribution in [0.4, 0.5) is 17.1 Å². The molecule has 0 bridgehead atoms. The minimum Gasteiger partial charge on any atom is -0.456 e. The Hall–Kier alpha value is -8.46. The van der Waals surface area contributed by atoms with Gasteiger partial charge in [0, 0.05) is 27.8 Å². The van der Waals surface area contributed by atoms with Crippen molar-refractivity contribution in [1.82, 2.24) is 0 Å². The van der Waals surface area contributed by atoms with Crippen LogP contribution in [0.5, 0.6) is 0 Å². The summed E-state index contributed by atoms with van der Waals surface area (Å²) in [6.45, 7) is 0. The Balaban J connectivity index is 0.942. The van der Waals surface area contributed by atoms with Crippen molar-refractivity contribution < 1.29 is 4.42 Å². The molecule has 300 valence electrons. The molecule has 12 rings (SSSR count). The molecule has 11 aromatic carbocycles. The third-order valence-electron chi connectivity index (χ3n) is 12.6. The molecule has 2 heteroatoms. The van der Waals surface area contributed by atoms with Gasteiger partial charge in [-0.25, -0.2) is 0 Å². The van der Waals surface area contributed by atoms with Crippen molar-refractivity contribution in [3.8, 4) is 55.6 Å². The predicted octanol–water partition coefficient (Wildman–Crippen LogP) is 17.7. The van der Waals surface area contributed by atoms with Gasteiger partial charge in [-0.15, -0.1) is 0 Å². The number of hydrogen-bond acceptors (Lipinski definition) is 2. The van der Waals surface area contributed by atoms with Crippen LogP contribution in [0.3, 0.4) is 0 Å². The van der Waals surface area contributed by atoms with Crippen molar-refractivity contribution in [3.63, 3.8) is 0 Å². The highest BCUT2D eigenvalue weighted by molar-refractivity contribution is 6.06. The van der Waals surface area contributed by atoms with Gasteiger partial charge in [0.25, 0.3) is 0 Å². The molecule has 0 unspecified atom stereocenters. The number of hydrogen-bond donors (Lipinski definition) is 0.